The first-order valence-corrected chi connectivity index (χ1v) is 7.69. The molecule has 0 spiro atoms. The fourth-order valence-electron chi connectivity index (χ4n) is 3.60. The molecule has 0 radical (unpaired) electrons. The third-order valence-electron chi connectivity index (χ3n) is 4.77. The molecule has 6 heteroatoms. The number of aliphatic hydroxyl groups is 1. The van der Waals surface area contributed by atoms with E-state index in [0.717, 1.165) is 12.8 Å². The molecule has 0 aromatic heterocycles. The summed E-state index contributed by atoms with van der Waals surface area (Å²) in [5.41, 5.74) is 0. The van der Waals surface area contributed by atoms with Crippen LogP contribution < -0.4 is 5.32 Å². The molecule has 3 atom stereocenters. The second kappa shape index (κ2) is 5.83. The number of hydrogen-bond acceptors (Lipinski definition) is 4. The summed E-state index contributed by atoms with van der Waals surface area (Å²) in [6, 6.07) is 0.430. The lowest BCUT2D eigenvalue weighted by atomic mass is 10.1. The van der Waals surface area contributed by atoms with Crippen molar-refractivity contribution >= 4 is 0 Å². The molecule has 3 rings (SSSR count). The first kappa shape index (κ1) is 14.6. The topological polar surface area (TPSA) is 44.7 Å². The Hall–Kier alpha value is -0.300. The fraction of sp³-hybridized carbons (Fsp3) is 1.00. The van der Waals surface area contributed by atoms with Gasteiger partial charge < -0.3 is 15.2 Å². The predicted octanol–water partition coefficient (Wildman–Crippen LogP) is 0.988. The van der Waals surface area contributed by atoms with Gasteiger partial charge in [-0.1, -0.05) is 12.8 Å². The SMILES string of the molecule is OC1C(NC2CCCC2)COC1CN1CCC(F)(F)C1. The minimum atomic E-state index is -2.58. The molecule has 0 aromatic rings. The zero-order valence-corrected chi connectivity index (χ0v) is 11.7. The molecule has 1 aliphatic carbocycles. The average molecular weight is 290 g/mol. The van der Waals surface area contributed by atoms with Crippen molar-refractivity contribution < 1.29 is 18.6 Å². The van der Waals surface area contributed by atoms with Gasteiger partial charge in [0, 0.05) is 25.6 Å². The summed E-state index contributed by atoms with van der Waals surface area (Å²) < 4.78 is 31.9. The number of ether oxygens (including phenoxy) is 1. The van der Waals surface area contributed by atoms with Gasteiger partial charge in [-0.3, -0.25) is 4.90 Å². The van der Waals surface area contributed by atoms with Crippen molar-refractivity contribution in [1.29, 1.82) is 0 Å². The molecule has 0 amide bonds. The van der Waals surface area contributed by atoms with Crippen molar-refractivity contribution in [3.8, 4) is 0 Å². The molecule has 3 fully saturated rings. The molecule has 2 aliphatic heterocycles. The number of halogens is 2. The van der Waals surface area contributed by atoms with Gasteiger partial charge in [-0.15, -0.1) is 0 Å². The third kappa shape index (κ3) is 3.30. The van der Waals surface area contributed by atoms with E-state index in [2.05, 4.69) is 5.32 Å². The quantitative estimate of drug-likeness (QED) is 0.810. The van der Waals surface area contributed by atoms with Gasteiger partial charge >= 0.3 is 0 Å². The summed E-state index contributed by atoms with van der Waals surface area (Å²) in [5, 5.41) is 13.8. The van der Waals surface area contributed by atoms with Crippen molar-refractivity contribution in [3.63, 3.8) is 0 Å². The van der Waals surface area contributed by atoms with E-state index in [9.17, 15) is 13.9 Å². The lowest BCUT2D eigenvalue weighted by Crippen LogP contribution is -2.47. The largest absolute Gasteiger partial charge is 0.389 e. The van der Waals surface area contributed by atoms with Crippen LogP contribution in [0.1, 0.15) is 32.1 Å². The van der Waals surface area contributed by atoms with Crippen LogP contribution in [-0.4, -0.2) is 66.5 Å². The molecule has 0 aromatic carbocycles. The van der Waals surface area contributed by atoms with Gasteiger partial charge in [-0.2, -0.15) is 0 Å². The van der Waals surface area contributed by atoms with Crippen molar-refractivity contribution in [1.82, 2.24) is 10.2 Å². The molecule has 2 N–H and O–H groups in total. The van der Waals surface area contributed by atoms with Gasteiger partial charge in [0.2, 0.25) is 0 Å². The number of likely N-dealkylation sites (tertiary alicyclic amines) is 1. The van der Waals surface area contributed by atoms with Gasteiger partial charge in [-0.25, -0.2) is 8.78 Å². The van der Waals surface area contributed by atoms with Gasteiger partial charge in [0.15, 0.2) is 0 Å². The number of rotatable bonds is 4. The minimum absolute atomic E-state index is 0.0498. The van der Waals surface area contributed by atoms with Crippen LogP contribution in [0, 0.1) is 0 Å². The Morgan fingerprint density at radius 3 is 2.70 bits per heavy atom. The normalized spacial score (nSPS) is 38.9. The van der Waals surface area contributed by atoms with Crippen LogP contribution in [0.4, 0.5) is 8.78 Å². The van der Waals surface area contributed by atoms with Gasteiger partial charge in [0.1, 0.15) is 0 Å². The van der Waals surface area contributed by atoms with Crippen LogP contribution in [0.15, 0.2) is 0 Å². The van der Waals surface area contributed by atoms with Gasteiger partial charge in [0.05, 0.1) is 31.4 Å². The molecule has 1 saturated carbocycles. The van der Waals surface area contributed by atoms with Crippen LogP contribution in [0.25, 0.3) is 0 Å². The van der Waals surface area contributed by atoms with Gasteiger partial charge in [-0.05, 0) is 12.8 Å². The van der Waals surface area contributed by atoms with Crippen LogP contribution in [0.2, 0.25) is 0 Å². The number of aliphatic hydroxyl groups excluding tert-OH is 1. The average Bonchev–Trinajstić information content (AvgIpc) is 3.08. The molecule has 116 valence electrons. The molecular weight excluding hydrogens is 266 g/mol. The van der Waals surface area contributed by atoms with Crippen molar-refractivity contribution in [2.45, 2.75) is 62.3 Å². The third-order valence-corrected chi connectivity index (χ3v) is 4.77. The first-order chi connectivity index (χ1) is 9.53. The second-order valence-corrected chi connectivity index (χ2v) is 6.46. The molecular formula is C14H24F2N2O2. The molecule has 4 nitrogen and oxygen atoms in total. The van der Waals surface area contributed by atoms with Crippen LogP contribution >= 0.6 is 0 Å². The van der Waals surface area contributed by atoms with Crippen molar-refractivity contribution in [2.24, 2.45) is 0 Å². The summed E-state index contributed by atoms with van der Waals surface area (Å²) in [7, 11) is 0. The Morgan fingerprint density at radius 2 is 2.05 bits per heavy atom. The van der Waals surface area contributed by atoms with E-state index in [-0.39, 0.29) is 25.1 Å². The zero-order chi connectivity index (χ0) is 14.2. The maximum Gasteiger partial charge on any atom is 0.261 e. The zero-order valence-electron chi connectivity index (χ0n) is 11.7. The Kier molecular flexibility index (Phi) is 4.26. The molecule has 3 aliphatic rings. The number of alkyl halides is 2. The summed E-state index contributed by atoms with van der Waals surface area (Å²) in [6.07, 6.45) is 3.78. The predicted molar refractivity (Wildman–Crippen MR) is 70.9 cm³/mol. The van der Waals surface area contributed by atoms with Gasteiger partial charge in [0.25, 0.3) is 5.92 Å². The highest BCUT2D eigenvalue weighted by molar-refractivity contribution is 4.94. The summed E-state index contributed by atoms with van der Waals surface area (Å²) >= 11 is 0. The number of nitrogens with zero attached hydrogens (tertiary/aromatic N) is 1. The maximum absolute atomic E-state index is 13.2. The number of hydrogen-bond donors (Lipinski definition) is 2. The van der Waals surface area contributed by atoms with E-state index in [1.54, 1.807) is 4.90 Å². The van der Waals surface area contributed by atoms with Crippen molar-refractivity contribution in [3.05, 3.63) is 0 Å². The molecule has 20 heavy (non-hydrogen) atoms. The van der Waals surface area contributed by atoms with Crippen LogP contribution in [0.5, 0.6) is 0 Å². The highest BCUT2D eigenvalue weighted by Crippen LogP contribution is 2.28. The summed E-state index contributed by atoms with van der Waals surface area (Å²) in [4.78, 5) is 1.70. The fourth-order valence-corrected chi connectivity index (χ4v) is 3.60. The highest BCUT2D eigenvalue weighted by Gasteiger charge is 2.42. The van der Waals surface area contributed by atoms with Crippen molar-refractivity contribution in [2.75, 3.05) is 26.2 Å². The standard InChI is InChI=1S/C14H24F2N2O2/c15-14(16)5-6-18(9-14)7-12-13(19)11(8-20-12)17-10-3-1-2-4-10/h10-13,17,19H,1-9H2. The van der Waals surface area contributed by atoms with E-state index in [1.807, 2.05) is 0 Å². The molecule has 2 heterocycles. The minimum Gasteiger partial charge on any atom is -0.389 e. The Balaban J connectivity index is 1.47. The van der Waals surface area contributed by atoms with E-state index >= 15 is 0 Å². The van der Waals surface area contributed by atoms with Crippen LogP contribution in [-0.2, 0) is 4.74 Å². The van der Waals surface area contributed by atoms with Crippen LogP contribution in [0.3, 0.4) is 0 Å². The molecule has 0 bridgehead atoms. The van der Waals surface area contributed by atoms with E-state index in [1.165, 1.54) is 12.8 Å². The highest BCUT2D eigenvalue weighted by atomic mass is 19.3. The summed E-state index contributed by atoms with van der Waals surface area (Å²) in [5.74, 6) is -2.58. The Labute approximate surface area is 118 Å². The summed E-state index contributed by atoms with van der Waals surface area (Å²) in [6.45, 7) is 1.06. The molecule has 2 saturated heterocycles. The lowest BCUT2D eigenvalue weighted by molar-refractivity contribution is -0.00745. The monoisotopic (exact) mass is 290 g/mol. The smallest absolute Gasteiger partial charge is 0.261 e. The Morgan fingerprint density at radius 1 is 1.30 bits per heavy atom. The van der Waals surface area contributed by atoms with E-state index in [0.29, 0.717) is 25.7 Å². The number of nitrogens with one attached hydrogen (secondary N) is 1. The Bertz CT molecular complexity index is 337. The lowest BCUT2D eigenvalue weighted by Gasteiger charge is -2.24. The maximum atomic E-state index is 13.2. The first-order valence-electron chi connectivity index (χ1n) is 7.69. The van der Waals surface area contributed by atoms with E-state index < -0.39 is 12.0 Å². The second-order valence-electron chi connectivity index (χ2n) is 6.46. The molecule has 3 unspecified atom stereocenters. The van der Waals surface area contributed by atoms with E-state index in [4.69, 9.17) is 4.74 Å².